The lowest BCUT2D eigenvalue weighted by Crippen LogP contribution is -2.45. The van der Waals surface area contributed by atoms with Gasteiger partial charge in [0.1, 0.15) is 12.4 Å². The maximum absolute atomic E-state index is 12.4. The van der Waals surface area contributed by atoms with Gasteiger partial charge in [-0.25, -0.2) is 0 Å². The van der Waals surface area contributed by atoms with Gasteiger partial charge in [0.15, 0.2) is 0 Å². The number of carbonyl (C=O) groups is 2. The average molecular weight is 372 g/mol. The second kappa shape index (κ2) is 8.40. The average Bonchev–Trinajstić information content (AvgIpc) is 3.27. The van der Waals surface area contributed by atoms with Crippen molar-refractivity contribution in [2.45, 2.75) is 25.7 Å². The van der Waals surface area contributed by atoms with Crippen LogP contribution in [-0.2, 0) is 9.53 Å². The van der Waals surface area contributed by atoms with E-state index >= 15 is 0 Å². The van der Waals surface area contributed by atoms with Gasteiger partial charge in [0.25, 0.3) is 11.8 Å². The van der Waals surface area contributed by atoms with Crippen LogP contribution in [0.25, 0.3) is 0 Å². The van der Waals surface area contributed by atoms with Crippen molar-refractivity contribution in [1.29, 1.82) is 0 Å². The van der Waals surface area contributed by atoms with Crippen LogP contribution in [-0.4, -0.2) is 67.6 Å². The van der Waals surface area contributed by atoms with Crippen LogP contribution in [0.5, 0.6) is 5.75 Å². The maximum Gasteiger partial charge on any atom is 0.260 e. The van der Waals surface area contributed by atoms with Crippen molar-refractivity contribution in [2.75, 3.05) is 46.0 Å². The van der Waals surface area contributed by atoms with Crippen LogP contribution in [0.2, 0.25) is 0 Å². The summed E-state index contributed by atoms with van der Waals surface area (Å²) in [6, 6.07) is 7.06. The summed E-state index contributed by atoms with van der Waals surface area (Å²) in [6.45, 7) is 5.00. The Kier molecular flexibility index (Phi) is 5.74. The number of fused-ring (bicyclic) bond motifs is 1. The number of likely N-dealkylation sites (tertiary alicyclic amines) is 1. The fourth-order valence-corrected chi connectivity index (χ4v) is 4.58. The molecule has 0 bridgehead atoms. The highest BCUT2D eigenvalue weighted by Gasteiger charge is 2.35. The molecule has 2 atom stereocenters. The number of imide groups is 1. The van der Waals surface area contributed by atoms with Gasteiger partial charge in [0, 0.05) is 25.2 Å². The molecule has 27 heavy (non-hydrogen) atoms. The molecule has 1 saturated carbocycles. The number of hydrogen-bond donors (Lipinski definition) is 0. The van der Waals surface area contributed by atoms with E-state index in [4.69, 9.17) is 9.47 Å². The van der Waals surface area contributed by atoms with Crippen molar-refractivity contribution in [2.24, 2.45) is 11.8 Å². The summed E-state index contributed by atoms with van der Waals surface area (Å²) in [5.41, 5.74) is 0.501. The summed E-state index contributed by atoms with van der Waals surface area (Å²) in [4.78, 5) is 28.0. The summed E-state index contributed by atoms with van der Waals surface area (Å²) in [7, 11) is 0. The molecule has 0 N–H and O–H groups in total. The first kappa shape index (κ1) is 18.4. The molecule has 2 saturated heterocycles. The van der Waals surface area contributed by atoms with Crippen LogP contribution >= 0.6 is 0 Å². The molecule has 1 aromatic rings. The smallest absolute Gasteiger partial charge is 0.260 e. The highest BCUT2D eigenvalue weighted by atomic mass is 16.5. The van der Waals surface area contributed by atoms with Gasteiger partial charge < -0.3 is 14.4 Å². The van der Waals surface area contributed by atoms with Crippen LogP contribution in [0.3, 0.4) is 0 Å². The standard InChI is InChI=1S/C21H28N2O4/c24-20-15-26-12-10-23(20)21(25)16-5-7-19(8-6-16)27-11-2-9-22-13-17-3-1-4-18(17)14-22/h5-8,17-18H,1-4,9-15H2. The van der Waals surface area contributed by atoms with Crippen LogP contribution in [0.15, 0.2) is 24.3 Å². The lowest BCUT2D eigenvalue weighted by atomic mass is 10.0. The van der Waals surface area contributed by atoms with Gasteiger partial charge in [0.2, 0.25) is 0 Å². The quantitative estimate of drug-likeness (QED) is 0.566. The third-order valence-corrected chi connectivity index (χ3v) is 6.02. The van der Waals surface area contributed by atoms with E-state index in [1.807, 2.05) is 0 Å². The molecule has 1 aromatic carbocycles. The Bertz CT molecular complexity index is 663. The van der Waals surface area contributed by atoms with Gasteiger partial charge in [-0.05, 0) is 55.4 Å². The first-order chi connectivity index (χ1) is 13.2. The SMILES string of the molecule is O=C1COCCN1C(=O)c1ccc(OCCCN2CC3CCCC3C2)cc1. The van der Waals surface area contributed by atoms with Gasteiger partial charge in [-0.3, -0.25) is 14.5 Å². The lowest BCUT2D eigenvalue weighted by molar-refractivity contribution is -0.139. The Morgan fingerprint density at radius 3 is 2.59 bits per heavy atom. The van der Waals surface area contributed by atoms with Gasteiger partial charge in [-0.2, -0.15) is 0 Å². The first-order valence-electron chi connectivity index (χ1n) is 10.1. The molecular formula is C21H28N2O4. The number of ether oxygens (including phenoxy) is 2. The molecule has 0 radical (unpaired) electrons. The molecule has 2 amide bonds. The molecule has 2 aliphatic heterocycles. The fourth-order valence-electron chi connectivity index (χ4n) is 4.58. The highest BCUT2D eigenvalue weighted by Crippen LogP contribution is 2.37. The van der Waals surface area contributed by atoms with E-state index in [9.17, 15) is 9.59 Å². The highest BCUT2D eigenvalue weighted by molar-refractivity contribution is 6.05. The number of morpholine rings is 1. The molecule has 1 aliphatic carbocycles. The molecule has 3 fully saturated rings. The van der Waals surface area contributed by atoms with Crippen LogP contribution in [0.1, 0.15) is 36.0 Å². The molecular weight excluding hydrogens is 344 g/mol. The van der Waals surface area contributed by atoms with E-state index in [1.54, 1.807) is 24.3 Å². The number of benzene rings is 1. The van der Waals surface area contributed by atoms with Crippen molar-refractivity contribution in [3.8, 4) is 5.75 Å². The van der Waals surface area contributed by atoms with E-state index in [0.717, 1.165) is 30.6 Å². The third kappa shape index (κ3) is 4.33. The largest absolute Gasteiger partial charge is 0.494 e. The van der Waals surface area contributed by atoms with Crippen molar-refractivity contribution < 1.29 is 19.1 Å². The Morgan fingerprint density at radius 1 is 1.15 bits per heavy atom. The van der Waals surface area contributed by atoms with E-state index in [0.29, 0.717) is 25.3 Å². The van der Waals surface area contributed by atoms with Crippen molar-refractivity contribution >= 4 is 11.8 Å². The topological polar surface area (TPSA) is 59.1 Å². The predicted octanol–water partition coefficient (Wildman–Crippen LogP) is 2.19. The fraction of sp³-hybridized carbons (Fsp3) is 0.619. The van der Waals surface area contributed by atoms with E-state index in [1.165, 1.54) is 37.3 Å². The maximum atomic E-state index is 12.4. The molecule has 3 aliphatic rings. The van der Waals surface area contributed by atoms with Crippen molar-refractivity contribution in [3.63, 3.8) is 0 Å². The van der Waals surface area contributed by atoms with Crippen LogP contribution < -0.4 is 4.74 Å². The molecule has 6 heteroatoms. The van der Waals surface area contributed by atoms with Gasteiger partial charge >= 0.3 is 0 Å². The van der Waals surface area contributed by atoms with Gasteiger partial charge in [-0.15, -0.1) is 0 Å². The van der Waals surface area contributed by atoms with Crippen LogP contribution in [0, 0.1) is 11.8 Å². The number of rotatable bonds is 6. The first-order valence-corrected chi connectivity index (χ1v) is 10.1. The lowest BCUT2D eigenvalue weighted by Gasteiger charge is -2.25. The molecule has 4 rings (SSSR count). The zero-order valence-electron chi connectivity index (χ0n) is 15.8. The Labute approximate surface area is 160 Å². The van der Waals surface area contributed by atoms with E-state index < -0.39 is 0 Å². The number of nitrogens with zero attached hydrogens (tertiary/aromatic N) is 2. The van der Waals surface area contributed by atoms with Gasteiger partial charge in [-0.1, -0.05) is 6.42 Å². The number of amides is 2. The zero-order chi connectivity index (χ0) is 18.6. The minimum absolute atomic E-state index is 0.0224. The summed E-state index contributed by atoms with van der Waals surface area (Å²) < 4.78 is 10.9. The predicted molar refractivity (Wildman–Crippen MR) is 101 cm³/mol. The monoisotopic (exact) mass is 372 g/mol. The van der Waals surface area contributed by atoms with Crippen LogP contribution in [0.4, 0.5) is 0 Å². The minimum Gasteiger partial charge on any atom is -0.494 e. The normalized spacial score (nSPS) is 25.6. The minimum atomic E-state index is -0.280. The molecule has 146 valence electrons. The second-order valence-corrected chi connectivity index (χ2v) is 7.84. The Balaban J connectivity index is 1.20. The summed E-state index contributed by atoms with van der Waals surface area (Å²) in [5, 5.41) is 0. The molecule has 2 heterocycles. The van der Waals surface area contributed by atoms with E-state index in [2.05, 4.69) is 4.90 Å². The second-order valence-electron chi connectivity index (χ2n) is 7.84. The van der Waals surface area contributed by atoms with E-state index in [-0.39, 0.29) is 18.4 Å². The van der Waals surface area contributed by atoms with Gasteiger partial charge in [0.05, 0.1) is 19.8 Å². The Morgan fingerprint density at radius 2 is 1.89 bits per heavy atom. The summed E-state index contributed by atoms with van der Waals surface area (Å²) >= 11 is 0. The summed E-state index contributed by atoms with van der Waals surface area (Å²) in [5.74, 6) is 2.09. The molecule has 0 spiro atoms. The third-order valence-electron chi connectivity index (χ3n) is 6.02. The summed E-state index contributed by atoms with van der Waals surface area (Å²) in [6.07, 6.45) is 5.27. The Hall–Kier alpha value is -1.92. The number of hydrogen-bond acceptors (Lipinski definition) is 5. The number of carbonyl (C=O) groups excluding carboxylic acids is 2. The molecule has 6 nitrogen and oxygen atoms in total. The molecule has 2 unspecified atom stereocenters. The van der Waals surface area contributed by atoms with Crippen molar-refractivity contribution in [3.05, 3.63) is 29.8 Å². The molecule has 0 aromatic heterocycles. The zero-order valence-corrected chi connectivity index (χ0v) is 15.8. The van der Waals surface area contributed by atoms with Crippen molar-refractivity contribution in [1.82, 2.24) is 9.80 Å².